The van der Waals surface area contributed by atoms with Crippen LogP contribution in [0.3, 0.4) is 0 Å². The van der Waals surface area contributed by atoms with Crippen LogP contribution in [0.4, 0.5) is 0 Å². The normalized spacial score (nSPS) is 32.9. The van der Waals surface area contributed by atoms with Gasteiger partial charge in [-0.2, -0.15) is 0 Å². The third kappa shape index (κ3) is 1.04. The molecule has 2 rings (SSSR count). The van der Waals surface area contributed by atoms with Crippen LogP contribution in [0.1, 0.15) is 18.6 Å². The Bertz CT molecular complexity index is 294. The number of aldehydes is 1. The first-order chi connectivity index (χ1) is 5.76. The van der Waals surface area contributed by atoms with E-state index in [2.05, 4.69) is 0 Å². The Labute approximate surface area is 71.2 Å². The van der Waals surface area contributed by atoms with Gasteiger partial charge in [0.25, 0.3) is 0 Å². The molecule has 1 aromatic rings. The zero-order valence-corrected chi connectivity index (χ0v) is 6.86. The van der Waals surface area contributed by atoms with Crippen molar-refractivity contribution in [3.8, 4) is 0 Å². The molecule has 12 heavy (non-hydrogen) atoms. The van der Waals surface area contributed by atoms with Crippen molar-refractivity contribution in [2.45, 2.75) is 18.6 Å². The van der Waals surface area contributed by atoms with Crippen LogP contribution in [0, 0.1) is 0 Å². The highest BCUT2D eigenvalue weighted by molar-refractivity contribution is 5.68. The van der Waals surface area contributed by atoms with Gasteiger partial charge in [0.05, 0.1) is 0 Å². The Balaban J connectivity index is 2.21. The fraction of sp³-hybridized carbons (Fsp3) is 0.300. The largest absolute Gasteiger partial charge is 0.353 e. The summed E-state index contributed by atoms with van der Waals surface area (Å²) in [5, 5.41) is 0. The van der Waals surface area contributed by atoms with Gasteiger partial charge < -0.3 is 9.53 Å². The molecule has 0 amide bonds. The number of epoxide rings is 1. The van der Waals surface area contributed by atoms with Crippen molar-refractivity contribution in [1.29, 1.82) is 0 Å². The summed E-state index contributed by atoms with van der Waals surface area (Å²) in [5.74, 6) is 0. The molecular formula is C10H10O2. The maximum absolute atomic E-state index is 10.5. The number of carbonyl (C=O) groups is 1. The summed E-state index contributed by atoms with van der Waals surface area (Å²) < 4.78 is 5.27. The Hall–Kier alpha value is -1.15. The lowest BCUT2D eigenvalue weighted by Gasteiger charge is -1.94. The molecule has 0 bridgehead atoms. The van der Waals surface area contributed by atoms with Gasteiger partial charge in [0.1, 0.15) is 6.10 Å². The van der Waals surface area contributed by atoms with Crippen molar-refractivity contribution >= 4 is 6.29 Å². The van der Waals surface area contributed by atoms with Crippen molar-refractivity contribution in [1.82, 2.24) is 0 Å². The SMILES string of the molecule is C[C@@]1(C=O)O[C@H]1c1ccccc1. The van der Waals surface area contributed by atoms with Crippen LogP contribution in [0.25, 0.3) is 0 Å². The van der Waals surface area contributed by atoms with Crippen LogP contribution >= 0.6 is 0 Å². The maximum atomic E-state index is 10.5. The van der Waals surface area contributed by atoms with Gasteiger partial charge in [-0.15, -0.1) is 0 Å². The van der Waals surface area contributed by atoms with E-state index < -0.39 is 5.60 Å². The Kier molecular flexibility index (Phi) is 1.51. The second kappa shape index (κ2) is 2.42. The molecule has 1 aliphatic rings. The quantitative estimate of drug-likeness (QED) is 0.489. The zero-order chi connectivity index (χ0) is 8.60. The van der Waals surface area contributed by atoms with Crippen molar-refractivity contribution in [3.63, 3.8) is 0 Å². The van der Waals surface area contributed by atoms with E-state index in [9.17, 15) is 4.79 Å². The molecule has 0 unspecified atom stereocenters. The summed E-state index contributed by atoms with van der Waals surface area (Å²) in [6, 6.07) is 9.79. The Morgan fingerprint density at radius 3 is 2.58 bits per heavy atom. The first-order valence-corrected chi connectivity index (χ1v) is 3.95. The van der Waals surface area contributed by atoms with Crippen molar-refractivity contribution in [2.24, 2.45) is 0 Å². The average molecular weight is 162 g/mol. The minimum absolute atomic E-state index is 0.0313. The molecule has 0 radical (unpaired) electrons. The van der Waals surface area contributed by atoms with Crippen LogP contribution in [-0.4, -0.2) is 11.9 Å². The molecular weight excluding hydrogens is 152 g/mol. The maximum Gasteiger partial charge on any atom is 0.154 e. The van der Waals surface area contributed by atoms with E-state index in [0.29, 0.717) is 0 Å². The molecule has 1 heterocycles. The highest BCUT2D eigenvalue weighted by Gasteiger charge is 2.53. The average Bonchev–Trinajstić information content (AvgIpc) is 2.81. The summed E-state index contributed by atoms with van der Waals surface area (Å²) in [6.45, 7) is 1.80. The molecule has 2 heteroatoms. The van der Waals surface area contributed by atoms with Crippen molar-refractivity contribution < 1.29 is 9.53 Å². The predicted molar refractivity (Wildman–Crippen MR) is 44.7 cm³/mol. The summed E-state index contributed by atoms with van der Waals surface area (Å²) in [4.78, 5) is 10.5. The first-order valence-electron chi connectivity index (χ1n) is 3.95. The molecule has 1 aromatic carbocycles. The van der Waals surface area contributed by atoms with E-state index in [1.165, 1.54) is 0 Å². The second-order valence-electron chi connectivity index (χ2n) is 3.21. The topological polar surface area (TPSA) is 29.6 Å². The van der Waals surface area contributed by atoms with Crippen LogP contribution < -0.4 is 0 Å². The summed E-state index contributed by atoms with van der Waals surface area (Å²) >= 11 is 0. The summed E-state index contributed by atoms with van der Waals surface area (Å²) in [6.07, 6.45) is 0.834. The number of hydrogen-bond acceptors (Lipinski definition) is 2. The van der Waals surface area contributed by atoms with Gasteiger partial charge in [-0.3, -0.25) is 0 Å². The number of benzene rings is 1. The molecule has 0 saturated carbocycles. The second-order valence-corrected chi connectivity index (χ2v) is 3.21. The molecule has 0 aliphatic carbocycles. The lowest BCUT2D eigenvalue weighted by molar-refractivity contribution is -0.111. The smallest absolute Gasteiger partial charge is 0.154 e. The zero-order valence-electron chi connectivity index (χ0n) is 6.86. The van der Waals surface area contributed by atoms with E-state index in [-0.39, 0.29) is 6.10 Å². The van der Waals surface area contributed by atoms with Gasteiger partial charge >= 0.3 is 0 Å². The molecule has 0 spiro atoms. The molecule has 2 atom stereocenters. The summed E-state index contributed by atoms with van der Waals surface area (Å²) in [7, 11) is 0. The van der Waals surface area contributed by atoms with Crippen LogP contribution in [0.5, 0.6) is 0 Å². The van der Waals surface area contributed by atoms with Gasteiger partial charge in [0, 0.05) is 0 Å². The minimum atomic E-state index is -0.568. The highest BCUT2D eigenvalue weighted by atomic mass is 16.6. The molecule has 2 nitrogen and oxygen atoms in total. The number of ether oxygens (including phenoxy) is 1. The highest BCUT2D eigenvalue weighted by Crippen LogP contribution is 2.47. The molecule has 62 valence electrons. The fourth-order valence-corrected chi connectivity index (χ4v) is 1.34. The van der Waals surface area contributed by atoms with Gasteiger partial charge in [-0.1, -0.05) is 30.3 Å². The molecule has 0 N–H and O–H groups in total. The van der Waals surface area contributed by atoms with Gasteiger partial charge in [-0.05, 0) is 12.5 Å². The van der Waals surface area contributed by atoms with Crippen molar-refractivity contribution in [2.75, 3.05) is 0 Å². The number of hydrogen-bond donors (Lipinski definition) is 0. The fourth-order valence-electron chi connectivity index (χ4n) is 1.34. The van der Waals surface area contributed by atoms with Crippen LogP contribution in [0.15, 0.2) is 30.3 Å². The predicted octanol–water partition coefficient (Wildman–Crippen LogP) is 1.72. The monoisotopic (exact) mass is 162 g/mol. The van der Waals surface area contributed by atoms with Gasteiger partial charge in [0.2, 0.25) is 0 Å². The number of carbonyl (C=O) groups excluding carboxylic acids is 1. The van der Waals surface area contributed by atoms with E-state index in [0.717, 1.165) is 11.8 Å². The lowest BCUT2D eigenvalue weighted by Crippen LogP contribution is -2.06. The molecule has 1 saturated heterocycles. The number of rotatable bonds is 2. The van der Waals surface area contributed by atoms with Gasteiger partial charge in [-0.25, -0.2) is 0 Å². The van der Waals surface area contributed by atoms with E-state index in [1.807, 2.05) is 30.3 Å². The third-order valence-electron chi connectivity index (χ3n) is 2.17. The molecule has 1 fully saturated rings. The van der Waals surface area contributed by atoms with Crippen molar-refractivity contribution in [3.05, 3.63) is 35.9 Å². The van der Waals surface area contributed by atoms with E-state index in [1.54, 1.807) is 6.92 Å². The standard InChI is InChI=1S/C10H10O2/c1-10(7-11)9(12-10)8-5-3-2-4-6-8/h2-7,9H,1H3/t9-,10-/m0/s1. The Morgan fingerprint density at radius 1 is 1.42 bits per heavy atom. The van der Waals surface area contributed by atoms with Gasteiger partial charge in [0.15, 0.2) is 11.9 Å². The third-order valence-corrected chi connectivity index (χ3v) is 2.17. The molecule has 0 aromatic heterocycles. The minimum Gasteiger partial charge on any atom is -0.353 e. The molecule has 1 aliphatic heterocycles. The van der Waals surface area contributed by atoms with E-state index in [4.69, 9.17) is 4.74 Å². The van der Waals surface area contributed by atoms with Crippen LogP contribution in [0.2, 0.25) is 0 Å². The summed E-state index contributed by atoms with van der Waals surface area (Å²) in [5.41, 5.74) is 0.508. The Morgan fingerprint density at radius 2 is 2.08 bits per heavy atom. The van der Waals surface area contributed by atoms with E-state index >= 15 is 0 Å². The first kappa shape index (κ1) is 7.50. The van der Waals surface area contributed by atoms with Crippen LogP contribution in [-0.2, 0) is 9.53 Å². The lowest BCUT2D eigenvalue weighted by atomic mass is 10.0.